The maximum Gasteiger partial charge on any atom is 0.328 e. The topological polar surface area (TPSA) is 65.7 Å². The molecule has 0 amide bonds. The van der Waals surface area contributed by atoms with Gasteiger partial charge in [0.2, 0.25) is 5.28 Å². The van der Waals surface area contributed by atoms with Crippen molar-refractivity contribution in [3.05, 3.63) is 52.5 Å². The molecular formula is C13H9Cl2N5O. The molecule has 0 N–H and O–H groups in total. The van der Waals surface area contributed by atoms with Gasteiger partial charge < -0.3 is 4.74 Å². The summed E-state index contributed by atoms with van der Waals surface area (Å²) in [5, 5.41) is 4.50. The molecule has 0 saturated heterocycles. The van der Waals surface area contributed by atoms with Crippen LogP contribution in [0.3, 0.4) is 0 Å². The highest BCUT2D eigenvalue weighted by molar-refractivity contribution is 6.32. The summed E-state index contributed by atoms with van der Waals surface area (Å²) < 4.78 is 7.02. The molecule has 1 aromatic carbocycles. The lowest BCUT2D eigenvalue weighted by atomic mass is 10.2. The van der Waals surface area contributed by atoms with Crippen LogP contribution in [-0.4, -0.2) is 24.7 Å². The van der Waals surface area contributed by atoms with Crippen molar-refractivity contribution in [2.75, 3.05) is 0 Å². The molecule has 0 spiro atoms. The molecule has 8 heteroatoms. The van der Waals surface area contributed by atoms with Crippen LogP contribution in [0.25, 0.3) is 5.95 Å². The molecule has 0 radical (unpaired) electrons. The van der Waals surface area contributed by atoms with Gasteiger partial charge in [-0.1, -0.05) is 17.7 Å². The van der Waals surface area contributed by atoms with Crippen molar-refractivity contribution in [1.82, 2.24) is 24.7 Å². The number of aromatic nitrogens is 5. The smallest absolute Gasteiger partial charge is 0.328 e. The lowest BCUT2D eigenvalue weighted by molar-refractivity contribution is 0.437. The first-order valence-corrected chi connectivity index (χ1v) is 6.73. The maximum atomic E-state index is 6.11. The Labute approximate surface area is 130 Å². The molecule has 0 fully saturated rings. The SMILES string of the molecule is Cc1ccc(Oc2nc(Cl)nc(-n3cccn3)n2)c(Cl)c1. The number of hydrogen-bond donors (Lipinski definition) is 0. The fraction of sp³-hybridized carbons (Fsp3) is 0.0769. The van der Waals surface area contributed by atoms with Crippen molar-refractivity contribution < 1.29 is 4.74 Å². The fourth-order valence-electron chi connectivity index (χ4n) is 1.64. The van der Waals surface area contributed by atoms with Crippen molar-refractivity contribution in [2.45, 2.75) is 6.92 Å². The molecule has 106 valence electrons. The van der Waals surface area contributed by atoms with Crippen LogP contribution in [0.15, 0.2) is 36.7 Å². The van der Waals surface area contributed by atoms with Gasteiger partial charge in [0, 0.05) is 12.4 Å². The zero-order valence-electron chi connectivity index (χ0n) is 10.9. The van der Waals surface area contributed by atoms with Crippen molar-refractivity contribution in [1.29, 1.82) is 0 Å². The van der Waals surface area contributed by atoms with Crippen LogP contribution in [0.2, 0.25) is 10.3 Å². The number of rotatable bonds is 3. The minimum atomic E-state index is 0.00809. The number of ether oxygens (including phenoxy) is 1. The molecule has 0 aliphatic carbocycles. The minimum Gasteiger partial charge on any atom is -0.423 e. The maximum absolute atomic E-state index is 6.11. The number of halogens is 2. The van der Waals surface area contributed by atoms with Crippen molar-refractivity contribution in [2.24, 2.45) is 0 Å². The summed E-state index contributed by atoms with van der Waals surface area (Å²) >= 11 is 12.0. The quantitative estimate of drug-likeness (QED) is 0.739. The second-order valence-electron chi connectivity index (χ2n) is 4.17. The summed E-state index contributed by atoms with van der Waals surface area (Å²) in [6.07, 6.45) is 3.30. The van der Waals surface area contributed by atoms with Crippen LogP contribution in [0.5, 0.6) is 11.8 Å². The summed E-state index contributed by atoms with van der Waals surface area (Å²) in [6, 6.07) is 7.19. The Balaban J connectivity index is 1.95. The van der Waals surface area contributed by atoms with Crippen LogP contribution in [0.4, 0.5) is 0 Å². The Morgan fingerprint density at radius 1 is 1.14 bits per heavy atom. The van der Waals surface area contributed by atoms with Gasteiger partial charge in [0.25, 0.3) is 5.95 Å². The van der Waals surface area contributed by atoms with E-state index in [2.05, 4.69) is 20.1 Å². The molecule has 2 aromatic heterocycles. The average molecular weight is 322 g/mol. The summed E-state index contributed by atoms with van der Waals surface area (Å²) in [6.45, 7) is 1.94. The zero-order chi connectivity index (χ0) is 14.8. The van der Waals surface area contributed by atoms with E-state index in [9.17, 15) is 0 Å². The fourth-order valence-corrected chi connectivity index (χ4v) is 2.07. The van der Waals surface area contributed by atoms with Crippen molar-refractivity contribution in [3.8, 4) is 17.7 Å². The van der Waals surface area contributed by atoms with Gasteiger partial charge in [-0.25, -0.2) is 4.68 Å². The molecule has 21 heavy (non-hydrogen) atoms. The monoisotopic (exact) mass is 321 g/mol. The van der Waals surface area contributed by atoms with E-state index in [1.165, 1.54) is 4.68 Å². The third kappa shape index (κ3) is 3.12. The highest BCUT2D eigenvalue weighted by Gasteiger charge is 2.11. The first-order chi connectivity index (χ1) is 10.1. The largest absolute Gasteiger partial charge is 0.423 e. The molecule has 6 nitrogen and oxygen atoms in total. The van der Waals surface area contributed by atoms with E-state index in [4.69, 9.17) is 27.9 Å². The average Bonchev–Trinajstić information content (AvgIpc) is 2.95. The zero-order valence-corrected chi connectivity index (χ0v) is 12.4. The van der Waals surface area contributed by atoms with E-state index in [-0.39, 0.29) is 17.2 Å². The molecule has 2 heterocycles. The molecule has 0 aliphatic heterocycles. The Morgan fingerprint density at radius 3 is 2.71 bits per heavy atom. The Kier molecular flexibility index (Phi) is 3.72. The van der Waals surface area contributed by atoms with Gasteiger partial charge in [0.1, 0.15) is 5.75 Å². The summed E-state index contributed by atoms with van der Waals surface area (Å²) in [4.78, 5) is 12.1. The van der Waals surface area contributed by atoms with E-state index in [0.717, 1.165) is 5.56 Å². The van der Waals surface area contributed by atoms with Crippen LogP contribution >= 0.6 is 23.2 Å². The van der Waals surface area contributed by atoms with E-state index >= 15 is 0 Å². The first kappa shape index (κ1) is 13.8. The second kappa shape index (κ2) is 5.67. The summed E-state index contributed by atoms with van der Waals surface area (Å²) in [7, 11) is 0. The van der Waals surface area contributed by atoms with Gasteiger partial charge in [0.15, 0.2) is 0 Å². The Hall–Kier alpha value is -2.18. The lowest BCUT2D eigenvalue weighted by Gasteiger charge is -2.07. The van der Waals surface area contributed by atoms with Crippen molar-refractivity contribution in [3.63, 3.8) is 0 Å². The van der Waals surface area contributed by atoms with Gasteiger partial charge in [-0.05, 0) is 42.3 Å². The second-order valence-corrected chi connectivity index (χ2v) is 4.92. The third-order valence-corrected chi connectivity index (χ3v) is 3.04. The van der Waals surface area contributed by atoms with Crippen LogP contribution in [0, 0.1) is 6.92 Å². The van der Waals surface area contributed by atoms with Crippen molar-refractivity contribution >= 4 is 23.2 Å². The van der Waals surface area contributed by atoms with E-state index in [0.29, 0.717) is 10.8 Å². The molecule has 0 aliphatic rings. The number of aryl methyl sites for hydroxylation is 1. The number of hydrogen-bond acceptors (Lipinski definition) is 5. The normalized spacial score (nSPS) is 10.6. The summed E-state index contributed by atoms with van der Waals surface area (Å²) in [5.74, 6) is 0.703. The van der Waals surface area contributed by atoms with Crippen LogP contribution in [0.1, 0.15) is 5.56 Å². The van der Waals surface area contributed by atoms with Crippen LogP contribution in [-0.2, 0) is 0 Å². The minimum absolute atomic E-state index is 0.00809. The number of nitrogens with zero attached hydrogens (tertiary/aromatic N) is 5. The van der Waals surface area contributed by atoms with Gasteiger partial charge >= 0.3 is 6.01 Å². The summed E-state index contributed by atoms with van der Waals surface area (Å²) in [5.41, 5.74) is 1.03. The highest BCUT2D eigenvalue weighted by Crippen LogP contribution is 2.28. The third-order valence-electron chi connectivity index (χ3n) is 2.57. The van der Waals surface area contributed by atoms with Gasteiger partial charge in [-0.15, -0.1) is 0 Å². The molecular weight excluding hydrogens is 313 g/mol. The lowest BCUT2D eigenvalue weighted by Crippen LogP contribution is -2.05. The molecule has 3 aromatic rings. The van der Waals surface area contributed by atoms with Gasteiger partial charge in [0.05, 0.1) is 5.02 Å². The predicted molar refractivity (Wildman–Crippen MR) is 78.2 cm³/mol. The van der Waals surface area contributed by atoms with Crippen LogP contribution < -0.4 is 4.74 Å². The molecule has 0 unspecified atom stereocenters. The van der Waals surface area contributed by atoms with E-state index in [1.807, 2.05) is 13.0 Å². The molecule has 0 atom stereocenters. The Morgan fingerprint density at radius 2 is 2.00 bits per heavy atom. The van der Waals surface area contributed by atoms with Gasteiger partial charge in [-0.3, -0.25) is 0 Å². The molecule has 0 saturated carbocycles. The highest BCUT2D eigenvalue weighted by atomic mass is 35.5. The van der Waals surface area contributed by atoms with E-state index < -0.39 is 0 Å². The standard InChI is InChI=1S/C13H9Cl2N5O/c1-8-3-4-10(9(14)7-8)21-13-18-11(15)17-12(19-13)20-6-2-5-16-20/h2-7H,1H3. The number of benzene rings is 1. The first-order valence-electron chi connectivity index (χ1n) is 5.97. The predicted octanol–water partition coefficient (Wildman–Crippen LogP) is 3.46. The van der Waals surface area contributed by atoms with E-state index in [1.54, 1.807) is 30.6 Å². The Bertz CT molecular complexity index is 776. The van der Waals surface area contributed by atoms with Gasteiger partial charge in [-0.2, -0.15) is 20.1 Å². The molecule has 0 bridgehead atoms. The molecule has 3 rings (SSSR count).